The quantitative estimate of drug-likeness (QED) is 0.732. The van der Waals surface area contributed by atoms with Crippen LogP contribution in [0, 0.1) is 6.92 Å². The molecule has 0 spiro atoms. The third kappa shape index (κ3) is 2.43. The molecule has 4 heteroatoms. The lowest BCUT2D eigenvalue weighted by Crippen LogP contribution is -2.38. The molecule has 3 N–H and O–H groups in total. The largest absolute Gasteiger partial charge is 0.395 e. The zero-order chi connectivity index (χ0) is 10.6. The molecule has 0 radical (unpaired) electrons. The number of aliphatic hydroxyl groups excluding tert-OH is 1. The molecular formula is C10H14N2OS. The molecule has 0 unspecified atom stereocenters. The fourth-order valence-corrected chi connectivity index (χ4v) is 1.51. The van der Waals surface area contributed by atoms with Crippen molar-refractivity contribution in [3.63, 3.8) is 0 Å². The van der Waals surface area contributed by atoms with Gasteiger partial charge >= 0.3 is 0 Å². The second-order valence-electron chi connectivity index (χ2n) is 3.00. The second kappa shape index (κ2) is 4.93. The summed E-state index contributed by atoms with van der Waals surface area (Å²) in [5, 5.41) is 9.17. The fraction of sp³-hybridized carbons (Fsp3) is 0.300. The van der Waals surface area contributed by atoms with Crippen LogP contribution < -0.4 is 10.6 Å². The highest BCUT2D eigenvalue weighted by Crippen LogP contribution is 2.18. The first-order chi connectivity index (χ1) is 6.66. The van der Waals surface area contributed by atoms with E-state index in [0.717, 1.165) is 11.3 Å². The van der Waals surface area contributed by atoms with E-state index in [2.05, 4.69) is 0 Å². The molecule has 76 valence electrons. The summed E-state index contributed by atoms with van der Waals surface area (Å²) >= 11 is 4.92. The number of aliphatic hydroxyl groups is 1. The van der Waals surface area contributed by atoms with Gasteiger partial charge in [0.1, 0.15) is 0 Å². The van der Waals surface area contributed by atoms with Gasteiger partial charge in [-0.15, -0.1) is 0 Å². The van der Waals surface area contributed by atoms with Crippen LogP contribution in [-0.2, 0) is 0 Å². The topological polar surface area (TPSA) is 49.5 Å². The first-order valence-corrected chi connectivity index (χ1v) is 4.81. The summed E-state index contributed by atoms with van der Waals surface area (Å²) in [5.74, 6) is 0. The highest BCUT2D eigenvalue weighted by molar-refractivity contribution is 7.80. The number of hydrogen-bond donors (Lipinski definition) is 2. The van der Waals surface area contributed by atoms with Crippen molar-refractivity contribution in [3.8, 4) is 0 Å². The number of benzene rings is 1. The minimum absolute atomic E-state index is 0.0334. The monoisotopic (exact) mass is 210 g/mol. The summed E-state index contributed by atoms with van der Waals surface area (Å²) < 4.78 is 0. The molecule has 0 aromatic heterocycles. The molecule has 0 atom stereocenters. The lowest BCUT2D eigenvalue weighted by Gasteiger charge is -2.23. The highest BCUT2D eigenvalue weighted by Gasteiger charge is 2.09. The van der Waals surface area contributed by atoms with Crippen LogP contribution in [0.5, 0.6) is 0 Å². The van der Waals surface area contributed by atoms with Gasteiger partial charge in [-0.05, 0) is 30.8 Å². The van der Waals surface area contributed by atoms with Crippen LogP contribution in [-0.4, -0.2) is 23.4 Å². The van der Waals surface area contributed by atoms with E-state index >= 15 is 0 Å². The number of anilines is 1. The van der Waals surface area contributed by atoms with E-state index in [-0.39, 0.29) is 11.7 Å². The Bertz CT molecular complexity index is 328. The highest BCUT2D eigenvalue weighted by atomic mass is 32.1. The van der Waals surface area contributed by atoms with Crippen LogP contribution in [0.3, 0.4) is 0 Å². The fourth-order valence-electron chi connectivity index (χ4n) is 1.32. The zero-order valence-electron chi connectivity index (χ0n) is 8.10. The van der Waals surface area contributed by atoms with Gasteiger partial charge < -0.3 is 15.7 Å². The van der Waals surface area contributed by atoms with Crippen LogP contribution >= 0.6 is 12.2 Å². The summed E-state index contributed by atoms with van der Waals surface area (Å²) in [7, 11) is 0. The summed E-state index contributed by atoms with van der Waals surface area (Å²) in [5.41, 5.74) is 7.61. The first-order valence-electron chi connectivity index (χ1n) is 4.40. The molecule has 14 heavy (non-hydrogen) atoms. The van der Waals surface area contributed by atoms with Gasteiger partial charge in [-0.3, -0.25) is 0 Å². The van der Waals surface area contributed by atoms with E-state index in [4.69, 9.17) is 23.1 Å². The van der Waals surface area contributed by atoms with Crippen molar-refractivity contribution in [2.45, 2.75) is 6.92 Å². The number of aryl methyl sites for hydroxylation is 1. The minimum Gasteiger partial charge on any atom is -0.395 e. The number of para-hydroxylation sites is 1. The number of nitrogens with zero attached hydrogens (tertiary/aromatic N) is 1. The van der Waals surface area contributed by atoms with Gasteiger partial charge in [-0.25, -0.2) is 0 Å². The maximum Gasteiger partial charge on any atom is 0.170 e. The number of rotatable bonds is 3. The van der Waals surface area contributed by atoms with Crippen molar-refractivity contribution in [1.82, 2.24) is 0 Å². The third-order valence-corrected chi connectivity index (χ3v) is 2.22. The predicted octanol–water partition coefficient (Wildman–Crippen LogP) is 1.04. The summed E-state index contributed by atoms with van der Waals surface area (Å²) in [6, 6.07) is 7.79. The van der Waals surface area contributed by atoms with Crippen molar-refractivity contribution in [2.24, 2.45) is 5.73 Å². The normalized spacial score (nSPS) is 9.86. The Hall–Kier alpha value is -1.13. The van der Waals surface area contributed by atoms with Crippen molar-refractivity contribution < 1.29 is 5.11 Å². The second-order valence-corrected chi connectivity index (χ2v) is 3.42. The zero-order valence-corrected chi connectivity index (χ0v) is 8.92. The smallest absolute Gasteiger partial charge is 0.170 e. The van der Waals surface area contributed by atoms with Gasteiger partial charge in [-0.2, -0.15) is 0 Å². The summed E-state index contributed by atoms with van der Waals surface area (Å²) in [6.07, 6.45) is 0. The summed E-state index contributed by atoms with van der Waals surface area (Å²) in [6.45, 7) is 2.45. The molecule has 1 aromatic carbocycles. The van der Waals surface area contributed by atoms with Crippen molar-refractivity contribution in [1.29, 1.82) is 0 Å². The summed E-state index contributed by atoms with van der Waals surface area (Å²) in [4.78, 5) is 1.73. The molecule has 0 bridgehead atoms. The Morgan fingerprint density at radius 3 is 2.64 bits per heavy atom. The average molecular weight is 210 g/mol. The Balaban J connectivity index is 2.99. The average Bonchev–Trinajstić information content (AvgIpc) is 2.15. The van der Waals surface area contributed by atoms with Crippen LogP contribution in [0.15, 0.2) is 24.3 Å². The molecule has 0 saturated carbocycles. The van der Waals surface area contributed by atoms with E-state index in [9.17, 15) is 0 Å². The number of hydrogen-bond acceptors (Lipinski definition) is 2. The molecular weight excluding hydrogens is 196 g/mol. The first kappa shape index (κ1) is 10.9. The van der Waals surface area contributed by atoms with E-state index in [1.807, 2.05) is 31.2 Å². The Morgan fingerprint density at radius 2 is 2.14 bits per heavy atom. The molecule has 1 aromatic rings. The van der Waals surface area contributed by atoms with Crippen LogP contribution in [0.1, 0.15) is 5.56 Å². The lowest BCUT2D eigenvalue weighted by molar-refractivity contribution is 0.306. The molecule has 0 aliphatic carbocycles. The molecule has 0 saturated heterocycles. The van der Waals surface area contributed by atoms with E-state index in [1.165, 1.54) is 0 Å². The SMILES string of the molecule is Cc1ccccc1N(CCO)C(N)=S. The van der Waals surface area contributed by atoms with Gasteiger partial charge in [0.15, 0.2) is 5.11 Å². The molecule has 3 nitrogen and oxygen atoms in total. The Kier molecular flexibility index (Phi) is 3.85. The van der Waals surface area contributed by atoms with Crippen LogP contribution in [0.2, 0.25) is 0 Å². The van der Waals surface area contributed by atoms with Gasteiger partial charge in [0, 0.05) is 12.2 Å². The van der Waals surface area contributed by atoms with Gasteiger partial charge in [0.25, 0.3) is 0 Å². The number of nitrogens with two attached hydrogens (primary N) is 1. The van der Waals surface area contributed by atoms with Gasteiger partial charge in [0.05, 0.1) is 6.61 Å². The molecule has 1 rings (SSSR count). The minimum atomic E-state index is 0.0334. The van der Waals surface area contributed by atoms with E-state index in [0.29, 0.717) is 6.54 Å². The molecule has 0 heterocycles. The van der Waals surface area contributed by atoms with Crippen molar-refractivity contribution >= 4 is 23.0 Å². The maximum atomic E-state index is 8.88. The van der Waals surface area contributed by atoms with Crippen molar-refractivity contribution in [2.75, 3.05) is 18.1 Å². The molecule has 0 aliphatic heterocycles. The Morgan fingerprint density at radius 1 is 1.50 bits per heavy atom. The van der Waals surface area contributed by atoms with Crippen molar-refractivity contribution in [3.05, 3.63) is 29.8 Å². The number of thiocarbonyl (C=S) groups is 1. The lowest BCUT2D eigenvalue weighted by atomic mass is 10.2. The maximum absolute atomic E-state index is 8.88. The molecule has 0 fully saturated rings. The standard InChI is InChI=1S/C10H14N2OS/c1-8-4-2-3-5-9(8)12(6-7-13)10(11)14/h2-5,13H,6-7H2,1H3,(H2,11,14). The van der Waals surface area contributed by atoms with E-state index < -0.39 is 0 Å². The molecule has 0 aliphatic rings. The third-order valence-electron chi connectivity index (χ3n) is 2.00. The Labute approximate surface area is 89.1 Å². The van der Waals surface area contributed by atoms with Crippen LogP contribution in [0.25, 0.3) is 0 Å². The van der Waals surface area contributed by atoms with E-state index in [1.54, 1.807) is 4.90 Å². The van der Waals surface area contributed by atoms with Crippen LogP contribution in [0.4, 0.5) is 5.69 Å². The van der Waals surface area contributed by atoms with Gasteiger partial charge in [0.2, 0.25) is 0 Å². The predicted molar refractivity (Wildman–Crippen MR) is 62.4 cm³/mol. The van der Waals surface area contributed by atoms with Gasteiger partial charge in [-0.1, -0.05) is 18.2 Å². The molecule has 0 amide bonds.